The lowest BCUT2D eigenvalue weighted by Gasteiger charge is -2.32. The third kappa shape index (κ3) is 5.15. The van der Waals surface area contributed by atoms with E-state index >= 15 is 0 Å². The minimum absolute atomic E-state index is 0.354. The maximum atomic E-state index is 13.6. The summed E-state index contributed by atoms with van der Waals surface area (Å²) in [4.78, 5) is 11.2. The van der Waals surface area contributed by atoms with E-state index in [1.807, 2.05) is 30.3 Å². The number of alkyl halides is 1. The van der Waals surface area contributed by atoms with Crippen LogP contribution in [0, 0.1) is 0 Å². The molecule has 0 unspecified atom stereocenters. The van der Waals surface area contributed by atoms with Crippen molar-refractivity contribution in [2.45, 2.75) is 32.2 Å². The van der Waals surface area contributed by atoms with Crippen LogP contribution < -0.4 is 20.8 Å². The Morgan fingerprint density at radius 1 is 1.06 bits per heavy atom. The summed E-state index contributed by atoms with van der Waals surface area (Å²) in [6.07, 6.45) is 1.93. The van der Waals surface area contributed by atoms with Crippen molar-refractivity contribution in [3.05, 3.63) is 58.7 Å². The van der Waals surface area contributed by atoms with Crippen molar-refractivity contribution in [3.63, 3.8) is 0 Å². The van der Waals surface area contributed by atoms with Gasteiger partial charge in [0.2, 0.25) is 5.95 Å². The van der Waals surface area contributed by atoms with Gasteiger partial charge < -0.3 is 24.8 Å². The summed E-state index contributed by atoms with van der Waals surface area (Å²) < 4.78 is 32.1. The highest BCUT2D eigenvalue weighted by Gasteiger charge is 2.26. The Balaban J connectivity index is 1.41. The zero-order chi connectivity index (χ0) is 24.6. The summed E-state index contributed by atoms with van der Waals surface area (Å²) >= 11 is 6.39. The molecule has 1 aromatic heterocycles. The maximum absolute atomic E-state index is 13.6. The summed E-state index contributed by atoms with van der Waals surface area (Å²) in [6, 6.07) is 11.5. The number of hydrogen-bond acceptors (Lipinski definition) is 7. The summed E-state index contributed by atoms with van der Waals surface area (Å²) in [7, 11) is -2.51. The molecule has 3 aromatic rings. The SMILES string of the molecule is CP(C)(=O)c1ccccc1Nc1nc(Nc2ccc(N3CCC(F)CC3)c3c2COC3)ncc1Cl. The molecule has 3 heterocycles. The number of ether oxygens (including phenoxy) is 1. The van der Waals surface area contributed by atoms with Gasteiger partial charge in [-0.3, -0.25) is 0 Å². The molecule has 2 N–H and O–H groups in total. The molecule has 2 aromatic carbocycles. The third-order valence-corrected chi connectivity index (χ3v) is 8.22. The van der Waals surface area contributed by atoms with Crippen LogP contribution >= 0.6 is 18.7 Å². The number of fused-ring (bicyclic) bond motifs is 1. The van der Waals surface area contributed by atoms with Crippen molar-refractivity contribution in [1.82, 2.24) is 9.97 Å². The lowest BCUT2D eigenvalue weighted by atomic mass is 10.0. The van der Waals surface area contributed by atoms with Crippen LogP contribution in [0.4, 0.5) is 33.2 Å². The van der Waals surface area contributed by atoms with Crippen molar-refractivity contribution in [1.29, 1.82) is 0 Å². The molecular formula is C25H28ClFN5O2P. The van der Waals surface area contributed by atoms with Gasteiger partial charge in [0.05, 0.1) is 25.1 Å². The van der Waals surface area contributed by atoms with Gasteiger partial charge in [0.25, 0.3) is 0 Å². The van der Waals surface area contributed by atoms with Crippen LogP contribution in [0.15, 0.2) is 42.6 Å². The molecule has 0 amide bonds. The Morgan fingerprint density at radius 2 is 1.80 bits per heavy atom. The first-order chi connectivity index (χ1) is 16.8. The van der Waals surface area contributed by atoms with E-state index in [-0.39, 0.29) is 0 Å². The predicted molar refractivity (Wildman–Crippen MR) is 140 cm³/mol. The van der Waals surface area contributed by atoms with Crippen molar-refractivity contribution >= 4 is 52.9 Å². The summed E-state index contributed by atoms with van der Waals surface area (Å²) in [5.74, 6) is 0.800. The molecule has 0 saturated carbocycles. The van der Waals surface area contributed by atoms with Crippen molar-refractivity contribution < 1.29 is 13.7 Å². The van der Waals surface area contributed by atoms with Gasteiger partial charge in [0.15, 0.2) is 5.82 Å². The largest absolute Gasteiger partial charge is 0.372 e. The van der Waals surface area contributed by atoms with Crippen LogP contribution in [0.2, 0.25) is 5.02 Å². The van der Waals surface area contributed by atoms with E-state index in [2.05, 4.69) is 31.6 Å². The van der Waals surface area contributed by atoms with E-state index in [9.17, 15) is 8.96 Å². The number of piperidine rings is 1. The number of rotatable bonds is 6. The van der Waals surface area contributed by atoms with Gasteiger partial charge in [-0.25, -0.2) is 9.37 Å². The Bertz CT molecular complexity index is 1290. The van der Waals surface area contributed by atoms with E-state index in [1.165, 1.54) is 6.20 Å². The lowest BCUT2D eigenvalue weighted by Crippen LogP contribution is -2.35. The fourth-order valence-electron chi connectivity index (χ4n) is 4.58. The van der Waals surface area contributed by atoms with E-state index < -0.39 is 13.3 Å². The van der Waals surface area contributed by atoms with Crippen LogP contribution in [-0.4, -0.2) is 42.6 Å². The second kappa shape index (κ2) is 9.76. The van der Waals surface area contributed by atoms with Crippen LogP contribution in [-0.2, 0) is 22.5 Å². The number of anilines is 5. The molecule has 0 spiro atoms. The van der Waals surface area contributed by atoms with E-state index in [1.54, 1.807) is 13.3 Å². The van der Waals surface area contributed by atoms with Gasteiger partial charge in [-0.15, -0.1) is 0 Å². The average molecular weight is 516 g/mol. The standard InChI is InChI=1S/C25H28ClFN5O2P/c1-35(2,33)23-6-4-3-5-21(23)29-24-19(26)13-28-25(31-24)30-20-7-8-22(18-15-34-14-17(18)20)32-11-9-16(27)10-12-32/h3-8,13,16H,9-12,14-15H2,1-2H3,(H2,28,29,30,31). The highest BCUT2D eigenvalue weighted by Crippen LogP contribution is 2.39. The highest BCUT2D eigenvalue weighted by atomic mass is 35.5. The zero-order valence-corrected chi connectivity index (χ0v) is 21.4. The van der Waals surface area contributed by atoms with E-state index in [0.717, 1.165) is 27.8 Å². The van der Waals surface area contributed by atoms with Gasteiger partial charge in [0.1, 0.15) is 18.3 Å². The Morgan fingerprint density at radius 3 is 2.57 bits per heavy atom. The summed E-state index contributed by atoms with van der Waals surface area (Å²) in [5.41, 5.74) is 4.84. The predicted octanol–water partition coefficient (Wildman–Crippen LogP) is 5.83. The van der Waals surface area contributed by atoms with Gasteiger partial charge in [-0.2, -0.15) is 4.98 Å². The van der Waals surface area contributed by atoms with Crippen LogP contribution in [0.1, 0.15) is 24.0 Å². The fourth-order valence-corrected chi connectivity index (χ4v) is 5.87. The molecular weight excluding hydrogens is 488 g/mol. The Labute approximate surface area is 209 Å². The first-order valence-electron chi connectivity index (χ1n) is 11.6. The van der Waals surface area contributed by atoms with Crippen LogP contribution in [0.25, 0.3) is 0 Å². The summed E-state index contributed by atoms with van der Waals surface area (Å²) in [6.45, 7) is 5.88. The first kappa shape index (κ1) is 24.0. The van der Waals surface area contributed by atoms with Crippen molar-refractivity contribution in [3.8, 4) is 0 Å². The highest BCUT2D eigenvalue weighted by molar-refractivity contribution is 7.70. The topological polar surface area (TPSA) is 79.4 Å². The molecule has 5 rings (SSSR count). The first-order valence-corrected chi connectivity index (χ1v) is 14.6. The molecule has 10 heteroatoms. The zero-order valence-electron chi connectivity index (χ0n) is 19.7. The number of para-hydroxylation sites is 1. The molecule has 35 heavy (non-hydrogen) atoms. The molecule has 0 radical (unpaired) electrons. The van der Waals surface area contributed by atoms with Crippen LogP contribution in [0.5, 0.6) is 0 Å². The Kier molecular flexibility index (Phi) is 6.71. The number of benzene rings is 2. The molecule has 2 aliphatic rings. The molecule has 2 aliphatic heterocycles. The molecule has 1 fully saturated rings. The monoisotopic (exact) mass is 515 g/mol. The molecule has 184 valence electrons. The van der Waals surface area contributed by atoms with Crippen LogP contribution in [0.3, 0.4) is 0 Å². The molecule has 0 atom stereocenters. The third-order valence-electron chi connectivity index (χ3n) is 6.39. The summed E-state index contributed by atoms with van der Waals surface area (Å²) in [5, 5.41) is 7.61. The lowest BCUT2D eigenvalue weighted by molar-refractivity contribution is 0.134. The van der Waals surface area contributed by atoms with Gasteiger partial charge in [-0.1, -0.05) is 23.7 Å². The second-order valence-electron chi connectivity index (χ2n) is 9.25. The van der Waals surface area contributed by atoms with Crippen molar-refractivity contribution in [2.24, 2.45) is 0 Å². The molecule has 1 saturated heterocycles. The number of hydrogen-bond donors (Lipinski definition) is 2. The number of halogens is 2. The fraction of sp³-hybridized carbons (Fsp3) is 0.360. The van der Waals surface area contributed by atoms with Gasteiger partial charge in [0, 0.05) is 40.9 Å². The molecule has 7 nitrogen and oxygen atoms in total. The Hall–Kier alpha value is -2.67. The number of aromatic nitrogens is 2. The minimum Gasteiger partial charge on any atom is -0.372 e. The normalized spacial score (nSPS) is 16.3. The van der Waals surface area contributed by atoms with Crippen molar-refractivity contribution in [2.75, 3.05) is 42.0 Å². The van der Waals surface area contributed by atoms with Gasteiger partial charge in [-0.05, 0) is 50.4 Å². The number of nitrogens with zero attached hydrogens (tertiary/aromatic N) is 3. The molecule has 0 bridgehead atoms. The quantitative estimate of drug-likeness (QED) is 0.400. The number of nitrogens with one attached hydrogen (secondary N) is 2. The molecule has 0 aliphatic carbocycles. The minimum atomic E-state index is -2.51. The average Bonchev–Trinajstić information content (AvgIpc) is 3.32. The maximum Gasteiger partial charge on any atom is 0.229 e. The van der Waals surface area contributed by atoms with E-state index in [4.69, 9.17) is 16.3 Å². The second-order valence-corrected chi connectivity index (χ2v) is 12.8. The smallest absolute Gasteiger partial charge is 0.229 e. The van der Waals surface area contributed by atoms with E-state index in [0.29, 0.717) is 61.6 Å². The van der Waals surface area contributed by atoms with Gasteiger partial charge >= 0.3 is 0 Å².